The van der Waals surface area contributed by atoms with E-state index in [9.17, 15) is 36.4 Å². The van der Waals surface area contributed by atoms with Gasteiger partial charge < -0.3 is 23.7 Å². The zero-order valence-electron chi connectivity index (χ0n) is 22.8. The van der Waals surface area contributed by atoms with E-state index in [4.69, 9.17) is 23.5 Å². The summed E-state index contributed by atoms with van der Waals surface area (Å²) >= 11 is 0. The molecule has 0 aromatic carbocycles. The molecule has 1 saturated heterocycles. The fourth-order valence-electron chi connectivity index (χ4n) is 7.88. The fourth-order valence-corrected chi connectivity index (χ4v) is 8.35. The van der Waals surface area contributed by atoms with Crippen LogP contribution < -0.4 is 0 Å². The molecule has 1 heterocycles. The molecule has 15 heteroatoms. The number of ether oxygens (including phenoxy) is 5. The number of carbonyl (C=O) groups is 4. The highest BCUT2D eigenvalue weighted by Gasteiger charge is 2.70. The highest BCUT2D eigenvalue weighted by molar-refractivity contribution is 7.86. The van der Waals surface area contributed by atoms with E-state index in [1.807, 2.05) is 13.8 Å². The van der Waals surface area contributed by atoms with Crippen LogP contribution in [0.4, 0.5) is 8.78 Å². The smallest absolute Gasteiger partial charge is 0.405 e. The van der Waals surface area contributed by atoms with E-state index in [2.05, 4.69) is 4.74 Å². The van der Waals surface area contributed by atoms with Crippen molar-refractivity contribution in [1.82, 2.24) is 0 Å². The number of carbonyl (C=O) groups excluding carboxylic acids is 4. The lowest BCUT2D eigenvalue weighted by Crippen LogP contribution is -2.47. The lowest BCUT2D eigenvalue weighted by molar-refractivity contribution is -0.180. The second kappa shape index (κ2) is 10.4. The van der Waals surface area contributed by atoms with Crippen LogP contribution in [0.3, 0.4) is 0 Å². The Balaban J connectivity index is 1.15. The first-order chi connectivity index (χ1) is 19.0. The molecule has 0 aromatic rings. The van der Waals surface area contributed by atoms with Crippen molar-refractivity contribution in [2.75, 3.05) is 13.2 Å². The molecule has 0 amide bonds. The molecule has 4 aliphatic carbocycles. The third kappa shape index (κ3) is 5.33. The third-order valence-electron chi connectivity index (χ3n) is 9.65. The summed E-state index contributed by atoms with van der Waals surface area (Å²) in [5, 5.41) is -4.75. The molecule has 1 aliphatic heterocycles. The molecular weight excluding hydrogens is 574 g/mol. The molecule has 41 heavy (non-hydrogen) atoms. The predicted molar refractivity (Wildman–Crippen MR) is 130 cm³/mol. The van der Waals surface area contributed by atoms with Crippen LogP contribution in [0.5, 0.6) is 0 Å². The molecule has 5 fully saturated rings. The molecule has 10 unspecified atom stereocenters. The van der Waals surface area contributed by atoms with E-state index in [-0.39, 0.29) is 11.8 Å². The second-order valence-corrected chi connectivity index (χ2v) is 13.9. The summed E-state index contributed by atoms with van der Waals surface area (Å²) in [7, 11) is -5.83. The van der Waals surface area contributed by atoms with Crippen molar-refractivity contribution in [1.29, 1.82) is 0 Å². The summed E-state index contributed by atoms with van der Waals surface area (Å²) in [6.07, 6.45) is 0.725. The maximum Gasteiger partial charge on any atom is 0.405 e. The Bertz CT molecular complexity index is 1220. The molecule has 5 rings (SSSR count). The first kappa shape index (κ1) is 30.1. The average Bonchev–Trinajstić information content (AvgIpc) is 3.66. The number of alkyl halides is 2. The van der Waals surface area contributed by atoms with E-state index in [1.54, 1.807) is 0 Å². The maximum atomic E-state index is 13.5. The molecule has 0 aromatic heterocycles. The van der Waals surface area contributed by atoms with Crippen LogP contribution in [0.1, 0.15) is 52.9 Å². The van der Waals surface area contributed by atoms with Crippen LogP contribution in [0.15, 0.2) is 0 Å². The summed E-state index contributed by atoms with van der Waals surface area (Å²) in [5.74, 6) is -4.33. The van der Waals surface area contributed by atoms with E-state index in [1.165, 1.54) is 6.42 Å². The molecule has 4 bridgehead atoms. The van der Waals surface area contributed by atoms with Gasteiger partial charge in [-0.05, 0) is 58.3 Å². The lowest BCUT2D eigenvalue weighted by Gasteiger charge is -2.39. The molecule has 5 aliphatic rings. The minimum absolute atomic E-state index is 0.242. The van der Waals surface area contributed by atoms with Crippen LogP contribution in [0.25, 0.3) is 0 Å². The molecule has 12 nitrogen and oxygen atoms in total. The zero-order valence-corrected chi connectivity index (χ0v) is 23.6. The summed E-state index contributed by atoms with van der Waals surface area (Å²) in [6, 6.07) is 0. The van der Waals surface area contributed by atoms with Gasteiger partial charge in [-0.25, -0.2) is 9.59 Å². The number of hydrogen-bond acceptors (Lipinski definition) is 11. The zero-order chi connectivity index (χ0) is 30.1. The topological polar surface area (TPSA) is 169 Å². The number of fused-ring (bicyclic) bond motifs is 3. The third-order valence-corrected chi connectivity index (χ3v) is 10.7. The highest BCUT2D eigenvalue weighted by Crippen LogP contribution is 2.60. The van der Waals surface area contributed by atoms with E-state index in [0.29, 0.717) is 25.2 Å². The van der Waals surface area contributed by atoms with Gasteiger partial charge in [0.25, 0.3) is 0 Å². The van der Waals surface area contributed by atoms with Crippen LogP contribution in [0.2, 0.25) is 0 Å². The second-order valence-electron chi connectivity index (χ2n) is 12.4. The monoisotopic (exact) mass is 608 g/mol. The van der Waals surface area contributed by atoms with E-state index < -0.39 is 94.1 Å². The standard InChI is InChI=1S/C26H34F2O12S/c1-11(26(27,28)41(33,34)35)37-17(29)9-36-10-18(30)38-21-15-8-14-19(23(31)39-22(14)21)20(15)24(32)40-25(2,3)16-7-12-4-5-13(16)6-12/h11-16,19-22H,4-10H2,1-3H3,(H,33,34,35). The van der Waals surface area contributed by atoms with Gasteiger partial charge in [0.1, 0.15) is 31.0 Å². The van der Waals surface area contributed by atoms with Gasteiger partial charge in [0.05, 0.1) is 11.8 Å². The van der Waals surface area contributed by atoms with Gasteiger partial charge in [0.2, 0.25) is 0 Å². The molecule has 0 radical (unpaired) electrons. The van der Waals surface area contributed by atoms with Gasteiger partial charge in [-0.3, -0.25) is 14.1 Å². The van der Waals surface area contributed by atoms with Crippen molar-refractivity contribution in [2.45, 2.75) is 82.0 Å². The number of hydrogen-bond donors (Lipinski definition) is 1. The van der Waals surface area contributed by atoms with Crippen LogP contribution in [-0.4, -0.2) is 79.2 Å². The van der Waals surface area contributed by atoms with Crippen molar-refractivity contribution < 1.29 is 64.6 Å². The summed E-state index contributed by atoms with van der Waals surface area (Å²) in [4.78, 5) is 50.4. The highest BCUT2D eigenvalue weighted by atomic mass is 32.2. The number of esters is 4. The van der Waals surface area contributed by atoms with Crippen molar-refractivity contribution >= 4 is 34.0 Å². The molecular formula is C26H34F2O12S. The predicted octanol–water partition coefficient (Wildman–Crippen LogP) is 1.89. The Labute approximate surface area is 235 Å². The Kier molecular flexibility index (Phi) is 7.63. The Morgan fingerprint density at radius 1 is 1.07 bits per heavy atom. The first-order valence-corrected chi connectivity index (χ1v) is 15.2. The molecule has 1 N–H and O–H groups in total. The van der Waals surface area contributed by atoms with Crippen LogP contribution in [0, 0.1) is 41.4 Å². The molecule has 230 valence electrons. The van der Waals surface area contributed by atoms with Gasteiger partial charge in [-0.2, -0.15) is 17.2 Å². The van der Waals surface area contributed by atoms with E-state index in [0.717, 1.165) is 19.3 Å². The Hall–Kier alpha value is -2.39. The molecule has 10 atom stereocenters. The fraction of sp³-hybridized carbons (Fsp3) is 0.846. The quantitative estimate of drug-likeness (QED) is 0.206. The SMILES string of the molecule is CC(OC(=O)COCC(=O)OC1C2CC3C1OC(=O)C3C2C(=O)OC(C)(C)C1CC2CCC1C2)C(F)(F)S(=O)(=O)O. The first-order valence-electron chi connectivity index (χ1n) is 13.8. The van der Waals surface area contributed by atoms with Gasteiger partial charge in [-0.15, -0.1) is 0 Å². The lowest BCUT2D eigenvalue weighted by atomic mass is 9.76. The van der Waals surface area contributed by atoms with Crippen LogP contribution in [-0.2, 0) is 53.0 Å². The summed E-state index contributed by atoms with van der Waals surface area (Å²) < 4.78 is 83.3. The minimum atomic E-state index is -5.83. The largest absolute Gasteiger partial charge is 0.459 e. The maximum absolute atomic E-state index is 13.5. The number of rotatable bonds is 11. The van der Waals surface area contributed by atoms with Crippen molar-refractivity contribution in [3.05, 3.63) is 0 Å². The summed E-state index contributed by atoms with van der Waals surface area (Å²) in [6.45, 7) is 2.58. The van der Waals surface area contributed by atoms with Gasteiger partial charge in [0.15, 0.2) is 6.10 Å². The Morgan fingerprint density at radius 2 is 1.76 bits per heavy atom. The molecule has 0 spiro atoms. The summed E-state index contributed by atoms with van der Waals surface area (Å²) in [5.41, 5.74) is -0.710. The Morgan fingerprint density at radius 3 is 2.37 bits per heavy atom. The van der Waals surface area contributed by atoms with Gasteiger partial charge in [0, 0.05) is 17.8 Å². The van der Waals surface area contributed by atoms with E-state index >= 15 is 0 Å². The number of halogens is 2. The van der Waals surface area contributed by atoms with Crippen molar-refractivity contribution in [3.8, 4) is 0 Å². The van der Waals surface area contributed by atoms with Gasteiger partial charge >= 0.3 is 39.2 Å². The molecule has 4 saturated carbocycles. The van der Waals surface area contributed by atoms with Crippen LogP contribution >= 0.6 is 0 Å². The average molecular weight is 609 g/mol. The van der Waals surface area contributed by atoms with Crippen molar-refractivity contribution in [3.63, 3.8) is 0 Å². The van der Waals surface area contributed by atoms with Gasteiger partial charge in [-0.1, -0.05) is 6.42 Å². The minimum Gasteiger partial charge on any atom is -0.459 e. The van der Waals surface area contributed by atoms with Crippen molar-refractivity contribution in [2.24, 2.45) is 41.4 Å². The normalized spacial score (nSPS) is 36.2.